The summed E-state index contributed by atoms with van der Waals surface area (Å²) in [4.78, 5) is 48.5. The van der Waals surface area contributed by atoms with Crippen molar-refractivity contribution in [1.82, 2.24) is 30.7 Å². The Morgan fingerprint density at radius 1 is 1.06 bits per heavy atom. The SMILES string of the molecule is Cc1nc(COC(=O)NC[C@H](C(=O)N[C@H](Cc2ccccc2)[C@@H](O)CN2CCN(Cc3cccc(O)c3)C[C@@H]2C(=O)NC(C)(C)C)C(C)C)cs1. The number of hydrogen-bond donors (Lipinski definition) is 5. The number of nitrogens with zero attached hydrogens (tertiary/aromatic N) is 3. The summed E-state index contributed by atoms with van der Waals surface area (Å²) in [5, 5.41) is 33.5. The van der Waals surface area contributed by atoms with Crippen molar-refractivity contribution in [3.63, 3.8) is 0 Å². The van der Waals surface area contributed by atoms with Gasteiger partial charge in [-0.3, -0.25) is 19.4 Å². The molecule has 4 atom stereocenters. The number of carbonyl (C=O) groups is 3. The topological polar surface area (TPSA) is 156 Å². The van der Waals surface area contributed by atoms with E-state index in [2.05, 4.69) is 25.8 Å². The van der Waals surface area contributed by atoms with Crippen LogP contribution in [0.4, 0.5) is 4.79 Å². The minimum atomic E-state index is -1.01. The van der Waals surface area contributed by atoms with Gasteiger partial charge in [-0.1, -0.05) is 56.3 Å². The highest BCUT2D eigenvalue weighted by Gasteiger charge is 2.37. The van der Waals surface area contributed by atoms with E-state index in [1.165, 1.54) is 11.3 Å². The first-order valence-corrected chi connectivity index (χ1v) is 18.4. The van der Waals surface area contributed by atoms with E-state index >= 15 is 0 Å². The number of benzene rings is 2. The zero-order valence-electron chi connectivity index (χ0n) is 30.6. The molecule has 1 aliphatic heterocycles. The van der Waals surface area contributed by atoms with E-state index in [1.807, 2.05) is 88.2 Å². The van der Waals surface area contributed by atoms with Crippen LogP contribution in [0.1, 0.15) is 56.4 Å². The van der Waals surface area contributed by atoms with Gasteiger partial charge in [-0.15, -0.1) is 11.3 Å². The fourth-order valence-corrected chi connectivity index (χ4v) is 6.75. The second-order valence-corrected chi connectivity index (χ2v) is 15.8. The van der Waals surface area contributed by atoms with Gasteiger partial charge < -0.3 is 30.9 Å². The summed E-state index contributed by atoms with van der Waals surface area (Å²) in [5.74, 6) is -0.943. The van der Waals surface area contributed by atoms with Crippen LogP contribution in [-0.2, 0) is 33.9 Å². The van der Waals surface area contributed by atoms with Crippen LogP contribution in [0.25, 0.3) is 0 Å². The lowest BCUT2D eigenvalue weighted by atomic mass is 9.93. The van der Waals surface area contributed by atoms with Gasteiger partial charge in [-0.05, 0) is 63.3 Å². The molecule has 4 rings (SSSR count). The van der Waals surface area contributed by atoms with E-state index < -0.39 is 35.7 Å². The summed E-state index contributed by atoms with van der Waals surface area (Å²) < 4.78 is 5.31. The molecule has 0 bridgehead atoms. The van der Waals surface area contributed by atoms with E-state index in [4.69, 9.17) is 4.74 Å². The molecule has 51 heavy (non-hydrogen) atoms. The maximum absolute atomic E-state index is 13.8. The molecule has 3 aromatic rings. The Balaban J connectivity index is 1.46. The lowest BCUT2D eigenvalue weighted by molar-refractivity contribution is -0.132. The summed E-state index contributed by atoms with van der Waals surface area (Å²) in [6, 6.07) is 15.5. The third kappa shape index (κ3) is 12.9. The molecule has 0 saturated carbocycles. The van der Waals surface area contributed by atoms with Crippen LogP contribution < -0.4 is 16.0 Å². The number of aromatic hydroxyl groups is 1. The minimum absolute atomic E-state index is 0.0406. The monoisotopic (exact) mass is 722 g/mol. The Morgan fingerprint density at radius 2 is 1.78 bits per heavy atom. The van der Waals surface area contributed by atoms with Crippen LogP contribution in [0.2, 0.25) is 0 Å². The third-order valence-electron chi connectivity index (χ3n) is 8.83. The van der Waals surface area contributed by atoms with E-state index in [0.717, 1.165) is 16.1 Å². The summed E-state index contributed by atoms with van der Waals surface area (Å²) in [7, 11) is 0. The van der Waals surface area contributed by atoms with Gasteiger partial charge in [0, 0.05) is 50.2 Å². The summed E-state index contributed by atoms with van der Waals surface area (Å²) in [6.45, 7) is 13.9. The van der Waals surface area contributed by atoms with E-state index in [9.17, 15) is 24.6 Å². The highest BCUT2D eigenvalue weighted by molar-refractivity contribution is 7.09. The van der Waals surface area contributed by atoms with Crippen molar-refractivity contribution in [3.8, 4) is 5.75 Å². The Bertz CT molecular complexity index is 1580. The molecule has 0 unspecified atom stereocenters. The minimum Gasteiger partial charge on any atom is -0.508 e. The highest BCUT2D eigenvalue weighted by Crippen LogP contribution is 2.20. The number of nitrogens with one attached hydrogen (secondary N) is 3. The van der Waals surface area contributed by atoms with Crippen molar-refractivity contribution >= 4 is 29.2 Å². The Morgan fingerprint density at radius 3 is 2.43 bits per heavy atom. The number of amides is 3. The molecule has 2 aromatic carbocycles. The molecular formula is C38H54N6O6S. The van der Waals surface area contributed by atoms with Gasteiger partial charge in [-0.25, -0.2) is 9.78 Å². The third-order valence-corrected chi connectivity index (χ3v) is 9.65. The van der Waals surface area contributed by atoms with Gasteiger partial charge in [0.1, 0.15) is 18.4 Å². The number of aliphatic hydroxyl groups excluding tert-OH is 1. The second kappa shape index (κ2) is 18.5. The summed E-state index contributed by atoms with van der Waals surface area (Å²) >= 11 is 1.48. The first-order chi connectivity index (χ1) is 24.2. The summed E-state index contributed by atoms with van der Waals surface area (Å²) in [5.41, 5.74) is 2.10. The average Bonchev–Trinajstić information content (AvgIpc) is 3.48. The number of aromatic nitrogens is 1. The van der Waals surface area contributed by atoms with E-state index in [1.54, 1.807) is 18.2 Å². The molecule has 0 aliphatic carbocycles. The predicted molar refractivity (Wildman–Crippen MR) is 198 cm³/mol. The number of phenolic OH excluding ortho intramolecular Hbond substituents is 1. The molecule has 0 radical (unpaired) electrons. The number of aliphatic hydroxyl groups is 1. The van der Waals surface area contributed by atoms with Crippen molar-refractivity contribution in [2.24, 2.45) is 11.8 Å². The molecular weight excluding hydrogens is 669 g/mol. The van der Waals surface area contributed by atoms with Gasteiger partial charge in [0.05, 0.1) is 28.8 Å². The molecule has 1 aromatic heterocycles. The zero-order valence-corrected chi connectivity index (χ0v) is 31.4. The van der Waals surface area contributed by atoms with Crippen molar-refractivity contribution in [1.29, 1.82) is 0 Å². The number of phenols is 1. The van der Waals surface area contributed by atoms with Crippen LogP contribution in [0.3, 0.4) is 0 Å². The predicted octanol–water partition coefficient (Wildman–Crippen LogP) is 3.85. The maximum Gasteiger partial charge on any atom is 0.407 e. The maximum atomic E-state index is 13.8. The lowest BCUT2D eigenvalue weighted by Crippen LogP contribution is -2.63. The normalized spacial score (nSPS) is 17.4. The lowest BCUT2D eigenvalue weighted by Gasteiger charge is -2.43. The summed E-state index contributed by atoms with van der Waals surface area (Å²) in [6.07, 6.45) is -1.27. The smallest absolute Gasteiger partial charge is 0.407 e. The van der Waals surface area contributed by atoms with Gasteiger partial charge in [-0.2, -0.15) is 0 Å². The fraction of sp³-hybridized carbons (Fsp3) is 0.526. The number of thiazole rings is 1. The Kier molecular flexibility index (Phi) is 14.4. The highest BCUT2D eigenvalue weighted by atomic mass is 32.1. The molecule has 1 saturated heterocycles. The Labute approximate surface area is 305 Å². The molecule has 12 nitrogen and oxygen atoms in total. The number of alkyl carbamates (subject to hydrolysis) is 1. The molecule has 1 fully saturated rings. The largest absolute Gasteiger partial charge is 0.508 e. The standard InChI is InChI=1S/C38H54N6O6S/c1-25(2)31(19-39-37(49)50-23-29-24-51-26(3)40-29)35(47)41-32(18-27-11-8-7-9-12-27)34(46)22-44-16-15-43(20-28-13-10-14-30(45)17-28)21-33(44)36(48)42-38(4,5)6/h7-14,17,24-25,31-34,45-46H,15-16,18-23H2,1-6H3,(H,39,49)(H,41,47)(H,42,48)/t31-,32+,33+,34-/m0/s1. The van der Waals surface area contributed by atoms with Gasteiger partial charge in [0.2, 0.25) is 11.8 Å². The first kappa shape index (κ1) is 39.7. The number of carbonyl (C=O) groups excluding carboxylic acids is 3. The molecule has 5 N–H and O–H groups in total. The number of rotatable bonds is 15. The van der Waals surface area contributed by atoms with Gasteiger partial charge in [0.15, 0.2) is 0 Å². The fourth-order valence-electron chi connectivity index (χ4n) is 6.15. The number of ether oxygens (including phenoxy) is 1. The molecule has 3 amide bonds. The van der Waals surface area contributed by atoms with Crippen LogP contribution in [-0.4, -0.2) is 99.4 Å². The van der Waals surface area contributed by atoms with Crippen LogP contribution in [0.15, 0.2) is 60.0 Å². The van der Waals surface area contributed by atoms with E-state index in [-0.39, 0.29) is 43.2 Å². The molecule has 0 spiro atoms. The molecule has 13 heteroatoms. The number of aryl methyl sites for hydroxylation is 1. The quantitative estimate of drug-likeness (QED) is 0.157. The van der Waals surface area contributed by atoms with Crippen molar-refractivity contribution < 1.29 is 29.3 Å². The zero-order chi connectivity index (χ0) is 37.1. The second-order valence-electron chi connectivity index (χ2n) is 14.7. The van der Waals surface area contributed by atoms with E-state index in [0.29, 0.717) is 38.3 Å². The average molecular weight is 723 g/mol. The van der Waals surface area contributed by atoms with Gasteiger partial charge in [0.25, 0.3) is 0 Å². The van der Waals surface area contributed by atoms with Crippen molar-refractivity contribution in [2.75, 3.05) is 32.7 Å². The van der Waals surface area contributed by atoms with Gasteiger partial charge >= 0.3 is 6.09 Å². The molecule has 1 aliphatic rings. The number of β-amino-alcohol motifs (C(OH)–C–C–N with tert-alkyl or cyclic N) is 1. The number of piperazine rings is 1. The van der Waals surface area contributed by atoms with Crippen LogP contribution in [0, 0.1) is 18.8 Å². The Hall–Kier alpha value is -4.04. The van der Waals surface area contributed by atoms with Crippen molar-refractivity contribution in [3.05, 3.63) is 81.8 Å². The molecule has 2 heterocycles. The molecule has 278 valence electrons. The first-order valence-electron chi connectivity index (χ1n) is 17.6. The number of hydrogen-bond acceptors (Lipinski definition) is 10. The van der Waals surface area contributed by atoms with Crippen LogP contribution >= 0.6 is 11.3 Å². The van der Waals surface area contributed by atoms with Crippen LogP contribution in [0.5, 0.6) is 5.75 Å². The van der Waals surface area contributed by atoms with Crippen molar-refractivity contribution in [2.45, 2.75) is 84.8 Å².